The summed E-state index contributed by atoms with van der Waals surface area (Å²) in [4.78, 5) is 12.0. The van der Waals surface area contributed by atoms with Crippen LogP contribution in [0.3, 0.4) is 0 Å². The molecule has 0 spiro atoms. The zero-order valence-electron chi connectivity index (χ0n) is 11.3. The number of para-hydroxylation sites is 1. The molecule has 0 bridgehead atoms. The highest BCUT2D eigenvalue weighted by molar-refractivity contribution is 6.06. The van der Waals surface area contributed by atoms with Gasteiger partial charge in [0.15, 0.2) is 0 Å². The largest absolute Gasteiger partial charge is 0.399 e. The second-order valence-electron chi connectivity index (χ2n) is 4.58. The number of carbonyl (C=O) groups is 1. The molecule has 0 radical (unpaired) electrons. The van der Waals surface area contributed by atoms with Gasteiger partial charge in [0.25, 0.3) is 5.91 Å². The average molecular weight is 267 g/mol. The molecule has 0 fully saturated rings. The highest BCUT2D eigenvalue weighted by Gasteiger charge is 2.05. The molecule has 0 aromatic heterocycles. The SMILES string of the molecule is C/C(=C\c1cc(N)cc(N)c1)C(=O)Nc1ccccc1. The van der Waals surface area contributed by atoms with Crippen LogP contribution in [-0.4, -0.2) is 5.91 Å². The topological polar surface area (TPSA) is 81.1 Å². The third kappa shape index (κ3) is 3.62. The van der Waals surface area contributed by atoms with Gasteiger partial charge in [-0.1, -0.05) is 18.2 Å². The quantitative estimate of drug-likeness (QED) is 0.590. The number of nitrogens with one attached hydrogen (secondary N) is 1. The number of anilines is 3. The summed E-state index contributed by atoms with van der Waals surface area (Å²) >= 11 is 0. The lowest BCUT2D eigenvalue weighted by atomic mass is 10.1. The fraction of sp³-hybridized carbons (Fsp3) is 0.0625. The predicted molar refractivity (Wildman–Crippen MR) is 84.0 cm³/mol. The second-order valence-corrected chi connectivity index (χ2v) is 4.58. The molecule has 0 aliphatic rings. The molecule has 0 saturated heterocycles. The Morgan fingerprint density at radius 1 is 1.05 bits per heavy atom. The van der Waals surface area contributed by atoms with Crippen molar-refractivity contribution in [3.8, 4) is 0 Å². The lowest BCUT2D eigenvalue weighted by Gasteiger charge is -2.06. The van der Waals surface area contributed by atoms with Gasteiger partial charge in [-0.2, -0.15) is 0 Å². The molecule has 0 atom stereocenters. The Labute approximate surface area is 118 Å². The average Bonchev–Trinajstić information content (AvgIpc) is 2.38. The van der Waals surface area contributed by atoms with Crippen molar-refractivity contribution < 1.29 is 4.79 Å². The van der Waals surface area contributed by atoms with Gasteiger partial charge in [0.1, 0.15) is 0 Å². The normalized spacial score (nSPS) is 11.2. The standard InChI is InChI=1S/C16H17N3O/c1-11(7-12-8-13(17)10-14(18)9-12)16(20)19-15-5-3-2-4-6-15/h2-10H,17-18H2,1H3,(H,19,20)/b11-7+. The maximum absolute atomic E-state index is 12.0. The number of hydrogen-bond donors (Lipinski definition) is 3. The molecule has 4 heteroatoms. The number of nitrogens with two attached hydrogens (primary N) is 2. The fourth-order valence-corrected chi connectivity index (χ4v) is 1.85. The summed E-state index contributed by atoms with van der Waals surface area (Å²) in [5.41, 5.74) is 14.8. The fourth-order valence-electron chi connectivity index (χ4n) is 1.85. The zero-order chi connectivity index (χ0) is 14.5. The van der Waals surface area contributed by atoms with Crippen LogP contribution in [0.5, 0.6) is 0 Å². The van der Waals surface area contributed by atoms with E-state index < -0.39 is 0 Å². The van der Waals surface area contributed by atoms with Crippen LogP contribution >= 0.6 is 0 Å². The first-order valence-corrected chi connectivity index (χ1v) is 6.25. The van der Waals surface area contributed by atoms with Crippen molar-refractivity contribution in [3.05, 3.63) is 59.7 Å². The Balaban J connectivity index is 2.15. The van der Waals surface area contributed by atoms with Gasteiger partial charge in [-0.25, -0.2) is 0 Å². The van der Waals surface area contributed by atoms with E-state index in [-0.39, 0.29) is 5.91 Å². The van der Waals surface area contributed by atoms with E-state index in [1.54, 1.807) is 31.2 Å². The minimum Gasteiger partial charge on any atom is -0.399 e. The summed E-state index contributed by atoms with van der Waals surface area (Å²) in [7, 11) is 0. The predicted octanol–water partition coefficient (Wildman–Crippen LogP) is 2.89. The van der Waals surface area contributed by atoms with Crippen molar-refractivity contribution in [1.29, 1.82) is 0 Å². The van der Waals surface area contributed by atoms with Crippen molar-refractivity contribution in [2.75, 3.05) is 16.8 Å². The van der Waals surface area contributed by atoms with E-state index in [9.17, 15) is 4.79 Å². The van der Waals surface area contributed by atoms with Gasteiger partial charge in [-0.3, -0.25) is 4.79 Å². The Bertz CT molecular complexity index is 628. The smallest absolute Gasteiger partial charge is 0.251 e. The Morgan fingerprint density at radius 3 is 2.25 bits per heavy atom. The molecule has 2 aromatic carbocycles. The summed E-state index contributed by atoms with van der Waals surface area (Å²) in [6.07, 6.45) is 1.75. The van der Waals surface area contributed by atoms with Gasteiger partial charge in [0.05, 0.1) is 0 Å². The minimum absolute atomic E-state index is 0.155. The van der Waals surface area contributed by atoms with Crippen LogP contribution in [0.2, 0.25) is 0 Å². The van der Waals surface area contributed by atoms with E-state index in [1.165, 1.54) is 0 Å². The number of nitrogen functional groups attached to an aromatic ring is 2. The summed E-state index contributed by atoms with van der Waals surface area (Å²) < 4.78 is 0. The lowest BCUT2D eigenvalue weighted by molar-refractivity contribution is -0.112. The van der Waals surface area contributed by atoms with Gasteiger partial charge in [0, 0.05) is 22.6 Å². The maximum atomic E-state index is 12.0. The first kappa shape index (κ1) is 13.7. The molecule has 2 aromatic rings. The Hall–Kier alpha value is -2.75. The molecule has 2 rings (SSSR count). The van der Waals surface area contributed by atoms with Crippen LogP contribution < -0.4 is 16.8 Å². The molecule has 5 N–H and O–H groups in total. The molecule has 4 nitrogen and oxygen atoms in total. The van der Waals surface area contributed by atoms with Gasteiger partial charge < -0.3 is 16.8 Å². The molecule has 0 aliphatic heterocycles. The van der Waals surface area contributed by atoms with Crippen LogP contribution in [0.15, 0.2) is 54.1 Å². The molecule has 0 heterocycles. The maximum Gasteiger partial charge on any atom is 0.251 e. The monoisotopic (exact) mass is 267 g/mol. The van der Waals surface area contributed by atoms with Gasteiger partial charge in [-0.15, -0.1) is 0 Å². The number of rotatable bonds is 3. The zero-order valence-corrected chi connectivity index (χ0v) is 11.3. The molecule has 1 amide bonds. The number of benzene rings is 2. The number of hydrogen-bond acceptors (Lipinski definition) is 3. The minimum atomic E-state index is -0.155. The van der Waals surface area contributed by atoms with Crippen LogP contribution in [-0.2, 0) is 4.79 Å². The van der Waals surface area contributed by atoms with E-state index >= 15 is 0 Å². The molecule has 102 valence electrons. The van der Waals surface area contributed by atoms with Crippen molar-refractivity contribution in [1.82, 2.24) is 0 Å². The third-order valence-electron chi connectivity index (χ3n) is 2.77. The van der Waals surface area contributed by atoms with Crippen LogP contribution in [0.1, 0.15) is 12.5 Å². The van der Waals surface area contributed by atoms with Crippen molar-refractivity contribution in [2.45, 2.75) is 6.92 Å². The van der Waals surface area contributed by atoms with E-state index in [0.29, 0.717) is 16.9 Å². The van der Waals surface area contributed by atoms with E-state index in [1.807, 2.05) is 30.3 Å². The molecular formula is C16H17N3O. The Kier molecular flexibility index (Phi) is 4.05. The van der Waals surface area contributed by atoms with Crippen LogP contribution in [0.25, 0.3) is 6.08 Å². The Morgan fingerprint density at radius 2 is 1.65 bits per heavy atom. The molecule has 20 heavy (non-hydrogen) atoms. The summed E-state index contributed by atoms with van der Waals surface area (Å²) in [6.45, 7) is 1.75. The van der Waals surface area contributed by atoms with Crippen molar-refractivity contribution >= 4 is 29.0 Å². The highest BCUT2D eigenvalue weighted by atomic mass is 16.1. The van der Waals surface area contributed by atoms with Crippen LogP contribution in [0.4, 0.5) is 17.1 Å². The third-order valence-corrected chi connectivity index (χ3v) is 2.77. The van der Waals surface area contributed by atoms with Gasteiger partial charge in [-0.05, 0) is 48.9 Å². The first-order chi connectivity index (χ1) is 9.54. The van der Waals surface area contributed by atoms with E-state index in [4.69, 9.17) is 11.5 Å². The van der Waals surface area contributed by atoms with Gasteiger partial charge >= 0.3 is 0 Å². The molecule has 0 aliphatic carbocycles. The number of carbonyl (C=O) groups excluding carboxylic acids is 1. The molecule has 0 saturated carbocycles. The summed E-state index contributed by atoms with van der Waals surface area (Å²) in [5, 5.41) is 2.82. The number of amides is 1. The summed E-state index contributed by atoms with van der Waals surface area (Å²) in [6, 6.07) is 14.5. The van der Waals surface area contributed by atoms with Crippen molar-refractivity contribution in [2.24, 2.45) is 0 Å². The highest BCUT2D eigenvalue weighted by Crippen LogP contribution is 2.17. The second kappa shape index (κ2) is 5.93. The molecular weight excluding hydrogens is 250 g/mol. The van der Waals surface area contributed by atoms with Crippen LogP contribution in [0, 0.1) is 0 Å². The van der Waals surface area contributed by atoms with Gasteiger partial charge in [0.2, 0.25) is 0 Å². The van der Waals surface area contributed by atoms with Crippen molar-refractivity contribution in [3.63, 3.8) is 0 Å². The first-order valence-electron chi connectivity index (χ1n) is 6.25. The summed E-state index contributed by atoms with van der Waals surface area (Å²) in [5.74, 6) is -0.155. The van der Waals surface area contributed by atoms with E-state index in [2.05, 4.69) is 5.32 Å². The lowest BCUT2D eigenvalue weighted by Crippen LogP contribution is -2.12. The molecule has 0 unspecified atom stereocenters. The van der Waals surface area contributed by atoms with E-state index in [0.717, 1.165) is 11.3 Å².